The standard InChI is InChI=1S/C14H18N2S/c1-9(2)12-8-17-14(16-12)13(15)11-6-4-5-10(3)7-11/h4-9,13H,15H2,1-3H3. The van der Waals surface area contributed by atoms with Crippen LogP contribution in [0, 0.1) is 6.92 Å². The fourth-order valence-electron chi connectivity index (χ4n) is 1.71. The van der Waals surface area contributed by atoms with Gasteiger partial charge in [-0.3, -0.25) is 0 Å². The number of nitrogens with two attached hydrogens (primary N) is 1. The van der Waals surface area contributed by atoms with Crippen LogP contribution in [0.5, 0.6) is 0 Å². The van der Waals surface area contributed by atoms with Crippen LogP contribution in [-0.2, 0) is 0 Å². The minimum atomic E-state index is -0.104. The van der Waals surface area contributed by atoms with Gasteiger partial charge in [-0.05, 0) is 18.4 Å². The van der Waals surface area contributed by atoms with E-state index in [-0.39, 0.29) is 6.04 Å². The van der Waals surface area contributed by atoms with E-state index >= 15 is 0 Å². The van der Waals surface area contributed by atoms with Crippen molar-refractivity contribution in [2.24, 2.45) is 5.73 Å². The molecule has 3 heteroatoms. The molecule has 0 aliphatic rings. The third-order valence-electron chi connectivity index (χ3n) is 2.80. The van der Waals surface area contributed by atoms with Gasteiger partial charge in [-0.25, -0.2) is 4.98 Å². The van der Waals surface area contributed by atoms with E-state index in [1.165, 1.54) is 5.56 Å². The molecule has 2 aromatic rings. The lowest BCUT2D eigenvalue weighted by Crippen LogP contribution is -2.11. The largest absolute Gasteiger partial charge is 0.318 e. The molecule has 0 amide bonds. The van der Waals surface area contributed by atoms with Crippen LogP contribution in [0.25, 0.3) is 0 Å². The molecule has 0 spiro atoms. The van der Waals surface area contributed by atoms with Crippen molar-refractivity contribution in [2.75, 3.05) is 0 Å². The van der Waals surface area contributed by atoms with Gasteiger partial charge < -0.3 is 5.73 Å². The van der Waals surface area contributed by atoms with E-state index in [9.17, 15) is 0 Å². The summed E-state index contributed by atoms with van der Waals surface area (Å²) in [6.07, 6.45) is 0. The number of aromatic nitrogens is 1. The Bertz CT molecular complexity index is 502. The predicted octanol–water partition coefficient (Wildman–Crippen LogP) is 3.62. The van der Waals surface area contributed by atoms with E-state index in [1.807, 2.05) is 6.07 Å². The lowest BCUT2D eigenvalue weighted by Gasteiger charge is -2.09. The van der Waals surface area contributed by atoms with E-state index in [0.717, 1.165) is 16.3 Å². The second-order valence-corrected chi connectivity index (χ2v) is 5.55. The Labute approximate surface area is 107 Å². The highest BCUT2D eigenvalue weighted by atomic mass is 32.1. The van der Waals surface area contributed by atoms with Crippen LogP contribution in [-0.4, -0.2) is 4.98 Å². The second kappa shape index (κ2) is 4.98. The molecule has 0 radical (unpaired) electrons. The first-order chi connectivity index (χ1) is 8.08. The van der Waals surface area contributed by atoms with Gasteiger partial charge in [0.05, 0.1) is 11.7 Å². The monoisotopic (exact) mass is 246 g/mol. The molecule has 0 aliphatic heterocycles. The maximum atomic E-state index is 6.25. The first-order valence-electron chi connectivity index (χ1n) is 5.85. The summed E-state index contributed by atoms with van der Waals surface area (Å²) in [5, 5.41) is 3.11. The fraction of sp³-hybridized carbons (Fsp3) is 0.357. The number of hydrogen-bond acceptors (Lipinski definition) is 3. The van der Waals surface area contributed by atoms with Crippen LogP contribution in [0.3, 0.4) is 0 Å². The van der Waals surface area contributed by atoms with Crippen molar-refractivity contribution in [2.45, 2.75) is 32.7 Å². The Morgan fingerprint density at radius 3 is 2.65 bits per heavy atom. The number of thiazole rings is 1. The van der Waals surface area contributed by atoms with Crippen LogP contribution in [0.4, 0.5) is 0 Å². The van der Waals surface area contributed by atoms with Crippen molar-refractivity contribution in [3.05, 3.63) is 51.5 Å². The van der Waals surface area contributed by atoms with E-state index in [4.69, 9.17) is 5.73 Å². The van der Waals surface area contributed by atoms with E-state index < -0.39 is 0 Å². The summed E-state index contributed by atoms with van der Waals surface area (Å²) < 4.78 is 0. The van der Waals surface area contributed by atoms with Crippen LogP contribution in [0.2, 0.25) is 0 Å². The van der Waals surface area contributed by atoms with Gasteiger partial charge in [0.1, 0.15) is 5.01 Å². The molecule has 2 rings (SSSR count). The topological polar surface area (TPSA) is 38.9 Å². The Balaban J connectivity index is 2.27. The van der Waals surface area contributed by atoms with Gasteiger partial charge in [0.25, 0.3) is 0 Å². The van der Waals surface area contributed by atoms with Gasteiger partial charge in [0.2, 0.25) is 0 Å². The van der Waals surface area contributed by atoms with E-state index in [2.05, 4.69) is 49.3 Å². The van der Waals surface area contributed by atoms with Crippen molar-refractivity contribution in [3.63, 3.8) is 0 Å². The van der Waals surface area contributed by atoms with Crippen molar-refractivity contribution < 1.29 is 0 Å². The minimum absolute atomic E-state index is 0.104. The fourth-order valence-corrected chi connectivity index (χ4v) is 2.72. The third-order valence-corrected chi connectivity index (χ3v) is 3.74. The summed E-state index contributed by atoms with van der Waals surface area (Å²) in [6, 6.07) is 8.21. The Kier molecular flexibility index (Phi) is 3.60. The van der Waals surface area contributed by atoms with Gasteiger partial charge in [0, 0.05) is 5.38 Å². The molecule has 2 nitrogen and oxygen atoms in total. The molecule has 0 fully saturated rings. The molecule has 1 aromatic carbocycles. The summed E-state index contributed by atoms with van der Waals surface area (Å²) in [6.45, 7) is 6.38. The van der Waals surface area contributed by atoms with Gasteiger partial charge in [-0.15, -0.1) is 11.3 Å². The summed E-state index contributed by atoms with van der Waals surface area (Å²) >= 11 is 1.65. The molecule has 90 valence electrons. The van der Waals surface area contributed by atoms with Crippen molar-refractivity contribution in [1.29, 1.82) is 0 Å². The SMILES string of the molecule is Cc1cccc(C(N)c2nc(C(C)C)cs2)c1. The number of nitrogens with zero attached hydrogens (tertiary/aromatic N) is 1. The first kappa shape index (κ1) is 12.3. The third kappa shape index (κ3) is 2.73. The molecule has 1 aromatic heterocycles. The molecule has 1 atom stereocenters. The van der Waals surface area contributed by atoms with Crippen LogP contribution in [0.15, 0.2) is 29.6 Å². The Morgan fingerprint density at radius 1 is 1.29 bits per heavy atom. The average molecular weight is 246 g/mol. The molecular formula is C14H18N2S. The normalized spacial score (nSPS) is 13.0. The molecule has 0 bridgehead atoms. The highest BCUT2D eigenvalue weighted by Crippen LogP contribution is 2.26. The quantitative estimate of drug-likeness (QED) is 0.898. The van der Waals surface area contributed by atoms with Crippen molar-refractivity contribution >= 4 is 11.3 Å². The lowest BCUT2D eigenvalue weighted by molar-refractivity contribution is 0.795. The Hall–Kier alpha value is -1.19. The highest BCUT2D eigenvalue weighted by molar-refractivity contribution is 7.09. The maximum absolute atomic E-state index is 6.25. The molecule has 1 unspecified atom stereocenters. The highest BCUT2D eigenvalue weighted by Gasteiger charge is 2.14. The zero-order valence-corrected chi connectivity index (χ0v) is 11.3. The van der Waals surface area contributed by atoms with Crippen molar-refractivity contribution in [3.8, 4) is 0 Å². The molecule has 0 aliphatic carbocycles. The van der Waals surface area contributed by atoms with Crippen LogP contribution >= 0.6 is 11.3 Å². The summed E-state index contributed by atoms with van der Waals surface area (Å²) in [5.41, 5.74) is 9.75. The average Bonchev–Trinajstić information content (AvgIpc) is 2.77. The summed E-state index contributed by atoms with van der Waals surface area (Å²) in [4.78, 5) is 4.61. The minimum Gasteiger partial charge on any atom is -0.318 e. The molecule has 17 heavy (non-hydrogen) atoms. The summed E-state index contributed by atoms with van der Waals surface area (Å²) in [7, 11) is 0. The first-order valence-corrected chi connectivity index (χ1v) is 6.73. The zero-order chi connectivity index (χ0) is 12.4. The molecule has 0 saturated carbocycles. The molecule has 2 N–H and O–H groups in total. The van der Waals surface area contributed by atoms with E-state index in [1.54, 1.807) is 11.3 Å². The van der Waals surface area contributed by atoms with Crippen LogP contribution < -0.4 is 5.73 Å². The summed E-state index contributed by atoms with van der Waals surface area (Å²) in [5.74, 6) is 0.463. The van der Waals surface area contributed by atoms with E-state index in [0.29, 0.717) is 5.92 Å². The van der Waals surface area contributed by atoms with Gasteiger partial charge in [-0.2, -0.15) is 0 Å². The number of hydrogen-bond donors (Lipinski definition) is 1. The van der Waals surface area contributed by atoms with Crippen LogP contribution in [0.1, 0.15) is 47.6 Å². The van der Waals surface area contributed by atoms with Gasteiger partial charge in [-0.1, -0.05) is 43.7 Å². The maximum Gasteiger partial charge on any atom is 0.114 e. The predicted molar refractivity (Wildman–Crippen MR) is 73.4 cm³/mol. The molecule has 1 heterocycles. The zero-order valence-electron chi connectivity index (χ0n) is 10.5. The van der Waals surface area contributed by atoms with Crippen molar-refractivity contribution in [1.82, 2.24) is 4.98 Å². The van der Waals surface area contributed by atoms with Gasteiger partial charge in [0.15, 0.2) is 0 Å². The second-order valence-electron chi connectivity index (χ2n) is 4.66. The smallest absolute Gasteiger partial charge is 0.114 e. The molecular weight excluding hydrogens is 228 g/mol. The number of rotatable bonds is 3. The number of benzene rings is 1. The molecule has 0 saturated heterocycles. The lowest BCUT2D eigenvalue weighted by atomic mass is 10.1. The number of aryl methyl sites for hydroxylation is 1. The Morgan fingerprint density at radius 2 is 2.06 bits per heavy atom. The van der Waals surface area contributed by atoms with Gasteiger partial charge >= 0.3 is 0 Å².